The van der Waals surface area contributed by atoms with Crippen LogP contribution in [0.15, 0.2) is 227 Å². The maximum atomic E-state index is 6.55. The lowest BCUT2D eigenvalue weighted by Crippen LogP contribution is -1.93. The van der Waals surface area contributed by atoms with Crippen LogP contribution < -0.4 is 0 Å². The zero-order chi connectivity index (χ0) is 41.9. The van der Waals surface area contributed by atoms with Crippen LogP contribution in [0.4, 0.5) is 0 Å². The molecule has 0 fully saturated rings. The number of fused-ring (bicyclic) bond motifs is 12. The fourth-order valence-corrected chi connectivity index (χ4v) is 10.6. The molecule has 4 nitrogen and oxygen atoms in total. The molecule has 0 saturated heterocycles. The quantitative estimate of drug-likeness (QED) is 0.173. The van der Waals surface area contributed by atoms with Crippen LogP contribution in [0.5, 0.6) is 0 Å². The SMILES string of the molecule is c1ccc(-n2c3ccccc3c3c(-c4ccc5oc6ccc(-n7c8ccccc8c8cc(-c9ccccc9-c9cccc%10oc%11ccccc%11c9%10)ccc87)cc6c5c4)cccc32)cc1. The second-order valence-electron chi connectivity index (χ2n) is 16.8. The molecule has 10 aromatic carbocycles. The van der Waals surface area contributed by atoms with E-state index in [0.29, 0.717) is 0 Å². The van der Waals surface area contributed by atoms with Crippen molar-refractivity contribution < 1.29 is 8.83 Å². The lowest BCUT2D eigenvalue weighted by atomic mass is 9.91. The molecule has 0 amide bonds. The number of nitrogens with zero attached hydrogens (tertiary/aromatic N) is 2. The normalized spacial score (nSPS) is 12.1. The summed E-state index contributed by atoms with van der Waals surface area (Å²) in [6.45, 7) is 0. The number of rotatable bonds is 5. The highest BCUT2D eigenvalue weighted by Crippen LogP contribution is 2.44. The summed E-state index contributed by atoms with van der Waals surface area (Å²) in [6, 6.07) is 78.5. The van der Waals surface area contributed by atoms with Gasteiger partial charge >= 0.3 is 0 Å². The zero-order valence-corrected chi connectivity index (χ0v) is 34.5. The van der Waals surface area contributed by atoms with E-state index in [1.165, 1.54) is 60.4 Å². The van der Waals surface area contributed by atoms with Crippen molar-refractivity contribution in [3.63, 3.8) is 0 Å². The first-order chi connectivity index (χ1) is 31.7. The summed E-state index contributed by atoms with van der Waals surface area (Å²) in [5.41, 5.74) is 17.5. The van der Waals surface area contributed by atoms with E-state index in [-0.39, 0.29) is 0 Å². The van der Waals surface area contributed by atoms with E-state index in [1.54, 1.807) is 0 Å². The van der Waals surface area contributed by atoms with Gasteiger partial charge in [-0.05, 0) is 118 Å². The molecule has 0 atom stereocenters. The average molecular weight is 817 g/mol. The first-order valence-corrected chi connectivity index (χ1v) is 21.8. The Labute approximate surface area is 367 Å². The van der Waals surface area contributed by atoms with Crippen LogP contribution in [0.2, 0.25) is 0 Å². The number of hydrogen-bond acceptors (Lipinski definition) is 2. The topological polar surface area (TPSA) is 36.1 Å². The molecule has 0 bridgehead atoms. The van der Waals surface area contributed by atoms with Crippen molar-refractivity contribution >= 4 is 87.5 Å². The van der Waals surface area contributed by atoms with Crippen LogP contribution in [0.3, 0.4) is 0 Å². The fraction of sp³-hybridized carbons (Fsp3) is 0. The lowest BCUT2D eigenvalue weighted by Gasteiger charge is -2.12. The van der Waals surface area contributed by atoms with Crippen molar-refractivity contribution in [3.8, 4) is 44.8 Å². The van der Waals surface area contributed by atoms with E-state index >= 15 is 0 Å². The molecule has 0 aliphatic carbocycles. The molecule has 4 heterocycles. The largest absolute Gasteiger partial charge is 0.456 e. The molecule has 4 aromatic heterocycles. The number of aromatic nitrogens is 2. The number of furan rings is 2. The minimum Gasteiger partial charge on any atom is -0.456 e. The predicted octanol–water partition coefficient (Wildman–Crippen LogP) is 16.7. The molecule has 0 radical (unpaired) electrons. The molecular formula is C60H36N2O2. The Morgan fingerprint density at radius 3 is 1.66 bits per heavy atom. The highest BCUT2D eigenvalue weighted by Gasteiger charge is 2.20. The minimum absolute atomic E-state index is 0.870. The highest BCUT2D eigenvalue weighted by molar-refractivity contribution is 6.18. The maximum Gasteiger partial charge on any atom is 0.136 e. The van der Waals surface area contributed by atoms with Crippen molar-refractivity contribution in [2.75, 3.05) is 0 Å². The van der Waals surface area contributed by atoms with Gasteiger partial charge in [-0.15, -0.1) is 0 Å². The molecule has 0 aliphatic rings. The Kier molecular flexibility index (Phi) is 7.36. The first-order valence-electron chi connectivity index (χ1n) is 21.8. The van der Waals surface area contributed by atoms with E-state index in [2.05, 4.69) is 215 Å². The van der Waals surface area contributed by atoms with Gasteiger partial charge in [-0.2, -0.15) is 0 Å². The van der Waals surface area contributed by atoms with E-state index in [0.717, 1.165) is 71.8 Å². The molecule has 64 heavy (non-hydrogen) atoms. The van der Waals surface area contributed by atoms with Gasteiger partial charge in [-0.1, -0.05) is 133 Å². The molecule has 0 unspecified atom stereocenters. The van der Waals surface area contributed by atoms with Gasteiger partial charge < -0.3 is 18.0 Å². The van der Waals surface area contributed by atoms with Crippen molar-refractivity contribution in [2.45, 2.75) is 0 Å². The van der Waals surface area contributed by atoms with Gasteiger partial charge in [-0.25, -0.2) is 0 Å². The molecular weight excluding hydrogens is 781 g/mol. The standard InChI is InChI=1S/C60H36N2O2/c1-2-14-39(15-3-1)61-52-24-10-7-19-46(52)59-42(21-12-25-54(59)61)38-29-32-56-49(35-38)50-36-40(30-33-57(50)63-56)62-51-23-9-6-18-44(51)48-34-37(28-31-53(48)62)41-16-4-5-17-43(41)45-22-13-27-58-60(45)47-20-8-11-26-55(47)64-58/h1-36H. The van der Waals surface area contributed by atoms with E-state index in [9.17, 15) is 0 Å². The van der Waals surface area contributed by atoms with Gasteiger partial charge in [0.2, 0.25) is 0 Å². The smallest absolute Gasteiger partial charge is 0.136 e. The Balaban J connectivity index is 0.925. The highest BCUT2D eigenvalue weighted by atomic mass is 16.3. The molecule has 0 aliphatic heterocycles. The average Bonchev–Trinajstić information content (AvgIpc) is 4.11. The third-order valence-electron chi connectivity index (χ3n) is 13.3. The Morgan fingerprint density at radius 2 is 0.781 bits per heavy atom. The predicted molar refractivity (Wildman–Crippen MR) is 266 cm³/mol. The Hall–Kier alpha value is -8.60. The lowest BCUT2D eigenvalue weighted by molar-refractivity contribution is 0.668. The number of benzene rings is 10. The van der Waals surface area contributed by atoms with Crippen LogP contribution >= 0.6 is 0 Å². The van der Waals surface area contributed by atoms with Gasteiger partial charge in [-0.3, -0.25) is 0 Å². The number of para-hydroxylation sites is 4. The summed E-state index contributed by atoms with van der Waals surface area (Å²) < 4.78 is 17.6. The minimum atomic E-state index is 0.870. The van der Waals surface area contributed by atoms with Crippen LogP contribution in [-0.2, 0) is 0 Å². The molecule has 4 heteroatoms. The zero-order valence-electron chi connectivity index (χ0n) is 34.5. The second-order valence-corrected chi connectivity index (χ2v) is 16.8. The molecule has 0 spiro atoms. The summed E-state index contributed by atoms with van der Waals surface area (Å²) in [7, 11) is 0. The van der Waals surface area contributed by atoms with Crippen LogP contribution in [0.25, 0.3) is 132 Å². The summed E-state index contributed by atoms with van der Waals surface area (Å²) in [5.74, 6) is 0. The number of hydrogen-bond donors (Lipinski definition) is 0. The van der Waals surface area contributed by atoms with Crippen molar-refractivity contribution in [1.29, 1.82) is 0 Å². The van der Waals surface area contributed by atoms with Gasteiger partial charge in [0.15, 0.2) is 0 Å². The third-order valence-corrected chi connectivity index (χ3v) is 13.3. The Morgan fingerprint density at radius 1 is 0.250 bits per heavy atom. The van der Waals surface area contributed by atoms with Gasteiger partial charge in [0.1, 0.15) is 22.3 Å². The first kappa shape index (κ1) is 35.0. The fourth-order valence-electron chi connectivity index (χ4n) is 10.6. The summed E-state index contributed by atoms with van der Waals surface area (Å²) >= 11 is 0. The third kappa shape index (κ3) is 5.05. The summed E-state index contributed by atoms with van der Waals surface area (Å²) in [5, 5.41) is 9.35. The monoisotopic (exact) mass is 816 g/mol. The molecule has 298 valence electrons. The molecule has 0 saturated carbocycles. The molecule has 14 aromatic rings. The van der Waals surface area contributed by atoms with Crippen LogP contribution in [0, 0.1) is 0 Å². The van der Waals surface area contributed by atoms with Crippen LogP contribution in [0.1, 0.15) is 0 Å². The van der Waals surface area contributed by atoms with E-state index in [4.69, 9.17) is 8.83 Å². The van der Waals surface area contributed by atoms with E-state index in [1.807, 2.05) is 12.1 Å². The maximum absolute atomic E-state index is 6.55. The molecule has 0 N–H and O–H groups in total. The van der Waals surface area contributed by atoms with Crippen molar-refractivity contribution in [1.82, 2.24) is 9.13 Å². The van der Waals surface area contributed by atoms with Crippen molar-refractivity contribution in [2.24, 2.45) is 0 Å². The van der Waals surface area contributed by atoms with Crippen LogP contribution in [-0.4, -0.2) is 9.13 Å². The summed E-state index contributed by atoms with van der Waals surface area (Å²) in [6.07, 6.45) is 0. The van der Waals surface area contributed by atoms with Gasteiger partial charge in [0, 0.05) is 54.5 Å². The van der Waals surface area contributed by atoms with Gasteiger partial charge in [0.25, 0.3) is 0 Å². The van der Waals surface area contributed by atoms with Gasteiger partial charge in [0.05, 0.1) is 22.1 Å². The molecule has 14 rings (SSSR count). The summed E-state index contributed by atoms with van der Waals surface area (Å²) in [4.78, 5) is 0. The second kappa shape index (κ2) is 13.4. The van der Waals surface area contributed by atoms with E-state index < -0.39 is 0 Å². The Bertz CT molecular complexity index is 4200. The van der Waals surface area contributed by atoms with Crippen molar-refractivity contribution in [3.05, 3.63) is 218 Å².